The Bertz CT molecular complexity index is 838. The number of hydrogen-bond donors (Lipinski definition) is 3. The maximum absolute atomic E-state index is 10.3. The summed E-state index contributed by atoms with van der Waals surface area (Å²) in [4.78, 5) is 9.03. The number of guanidine groups is 1. The maximum atomic E-state index is 10.3. The van der Waals surface area contributed by atoms with Crippen LogP contribution in [0.1, 0.15) is 30.6 Å². The fourth-order valence-electron chi connectivity index (χ4n) is 3.33. The molecule has 0 amide bonds. The standard InChI is InChI=1S/C21H32N6O3/c1-4-22-21(23-11-17(28)13-30-18-7-5-6-15(2)10-18)24-16-8-9-20-25-19(14-29-3)26-27(20)12-16/h5-7,10,16-17,28H,4,8-9,11-14H2,1-3H3,(H2,22,23,24). The van der Waals surface area contributed by atoms with Crippen LogP contribution in [0.5, 0.6) is 5.75 Å². The molecule has 3 N–H and O–H groups in total. The molecule has 0 fully saturated rings. The first-order valence-corrected chi connectivity index (χ1v) is 10.4. The van der Waals surface area contributed by atoms with Gasteiger partial charge in [0, 0.05) is 26.1 Å². The summed E-state index contributed by atoms with van der Waals surface area (Å²) in [5.41, 5.74) is 1.12. The number of ether oxygens (including phenoxy) is 2. The van der Waals surface area contributed by atoms with Gasteiger partial charge in [0.25, 0.3) is 0 Å². The summed E-state index contributed by atoms with van der Waals surface area (Å²) in [6.45, 7) is 6.35. The maximum Gasteiger partial charge on any atom is 0.191 e. The van der Waals surface area contributed by atoms with E-state index in [-0.39, 0.29) is 19.2 Å². The second-order valence-electron chi connectivity index (χ2n) is 7.44. The molecule has 1 aromatic heterocycles. The highest BCUT2D eigenvalue weighted by Crippen LogP contribution is 2.14. The van der Waals surface area contributed by atoms with Gasteiger partial charge < -0.3 is 25.2 Å². The molecular formula is C21H32N6O3. The highest BCUT2D eigenvalue weighted by molar-refractivity contribution is 5.80. The Balaban J connectivity index is 1.51. The summed E-state index contributed by atoms with van der Waals surface area (Å²) in [5, 5.41) is 21.4. The Morgan fingerprint density at radius 3 is 3.07 bits per heavy atom. The first-order valence-electron chi connectivity index (χ1n) is 10.4. The Hall–Kier alpha value is -2.65. The molecule has 3 rings (SSSR count). The minimum atomic E-state index is -0.689. The summed E-state index contributed by atoms with van der Waals surface area (Å²) in [5.74, 6) is 3.13. The number of nitrogens with one attached hydrogen (secondary N) is 2. The van der Waals surface area contributed by atoms with Crippen LogP contribution in [0.4, 0.5) is 0 Å². The van der Waals surface area contributed by atoms with Gasteiger partial charge in [-0.3, -0.25) is 4.99 Å². The van der Waals surface area contributed by atoms with Crippen molar-refractivity contribution in [2.24, 2.45) is 4.99 Å². The van der Waals surface area contributed by atoms with Crippen LogP contribution in [0.25, 0.3) is 0 Å². The van der Waals surface area contributed by atoms with Crippen molar-refractivity contribution in [2.45, 2.75) is 52.0 Å². The Morgan fingerprint density at radius 2 is 2.30 bits per heavy atom. The first kappa shape index (κ1) is 22.0. The number of aromatic nitrogens is 3. The summed E-state index contributed by atoms with van der Waals surface area (Å²) >= 11 is 0. The number of methoxy groups -OCH3 is 1. The monoisotopic (exact) mass is 416 g/mol. The normalized spacial score (nSPS) is 17.3. The van der Waals surface area contributed by atoms with E-state index in [0.717, 1.165) is 43.1 Å². The highest BCUT2D eigenvalue weighted by Gasteiger charge is 2.22. The van der Waals surface area contributed by atoms with E-state index in [2.05, 4.69) is 25.7 Å². The topological polar surface area (TPSA) is 106 Å². The lowest BCUT2D eigenvalue weighted by molar-refractivity contribution is 0.114. The summed E-state index contributed by atoms with van der Waals surface area (Å²) in [6, 6.07) is 7.96. The van der Waals surface area contributed by atoms with Crippen LogP contribution >= 0.6 is 0 Å². The lowest BCUT2D eigenvalue weighted by Gasteiger charge is -2.25. The summed E-state index contributed by atoms with van der Waals surface area (Å²) < 4.78 is 12.7. The number of aryl methyl sites for hydroxylation is 2. The minimum Gasteiger partial charge on any atom is -0.491 e. The molecule has 0 bridgehead atoms. The van der Waals surface area contributed by atoms with Crippen molar-refractivity contribution in [1.82, 2.24) is 25.4 Å². The molecule has 1 aromatic carbocycles. The van der Waals surface area contributed by atoms with E-state index in [1.807, 2.05) is 42.8 Å². The van der Waals surface area contributed by atoms with E-state index in [4.69, 9.17) is 9.47 Å². The van der Waals surface area contributed by atoms with Crippen LogP contribution < -0.4 is 15.4 Å². The minimum absolute atomic E-state index is 0.188. The first-order chi connectivity index (χ1) is 14.6. The van der Waals surface area contributed by atoms with Gasteiger partial charge in [-0.15, -0.1) is 0 Å². The van der Waals surface area contributed by atoms with Crippen molar-refractivity contribution in [3.8, 4) is 5.75 Å². The van der Waals surface area contributed by atoms with Crippen LogP contribution in [-0.4, -0.2) is 64.8 Å². The quantitative estimate of drug-likeness (QED) is 0.414. The Kier molecular flexibility index (Phi) is 8.04. The van der Waals surface area contributed by atoms with E-state index in [1.54, 1.807) is 7.11 Å². The molecular weight excluding hydrogens is 384 g/mol. The summed E-state index contributed by atoms with van der Waals surface area (Å²) in [7, 11) is 1.64. The lowest BCUT2D eigenvalue weighted by Crippen LogP contribution is -2.47. The number of nitrogens with zero attached hydrogens (tertiary/aromatic N) is 4. The number of aliphatic hydroxyl groups excluding tert-OH is 1. The van der Waals surface area contributed by atoms with E-state index in [9.17, 15) is 5.11 Å². The predicted octanol–water partition coefficient (Wildman–Crippen LogP) is 1.04. The lowest BCUT2D eigenvalue weighted by atomic mass is 10.1. The molecule has 2 unspecified atom stereocenters. The van der Waals surface area contributed by atoms with Crippen LogP contribution in [0.3, 0.4) is 0 Å². The van der Waals surface area contributed by atoms with E-state index >= 15 is 0 Å². The smallest absolute Gasteiger partial charge is 0.191 e. The fraction of sp³-hybridized carbons (Fsp3) is 0.571. The molecule has 2 aromatic rings. The van der Waals surface area contributed by atoms with Gasteiger partial charge in [0.15, 0.2) is 11.8 Å². The average Bonchev–Trinajstić information content (AvgIpc) is 3.13. The molecule has 0 aliphatic carbocycles. The zero-order valence-electron chi connectivity index (χ0n) is 18.0. The van der Waals surface area contributed by atoms with Crippen molar-refractivity contribution in [3.63, 3.8) is 0 Å². The van der Waals surface area contributed by atoms with Crippen molar-refractivity contribution in [2.75, 3.05) is 26.8 Å². The van der Waals surface area contributed by atoms with Crippen molar-refractivity contribution < 1.29 is 14.6 Å². The molecule has 2 atom stereocenters. The molecule has 0 spiro atoms. The van der Waals surface area contributed by atoms with Crippen LogP contribution in [0.2, 0.25) is 0 Å². The zero-order chi connectivity index (χ0) is 21.3. The second kappa shape index (κ2) is 10.9. The van der Waals surface area contributed by atoms with Gasteiger partial charge in [-0.05, 0) is 38.0 Å². The van der Waals surface area contributed by atoms with E-state index < -0.39 is 6.10 Å². The molecule has 0 radical (unpaired) electrons. The number of aliphatic hydroxyl groups is 1. The third-order valence-corrected chi connectivity index (χ3v) is 4.75. The van der Waals surface area contributed by atoms with Crippen LogP contribution in [0, 0.1) is 6.92 Å². The molecule has 164 valence electrons. The molecule has 2 heterocycles. The van der Waals surface area contributed by atoms with E-state index in [0.29, 0.717) is 18.4 Å². The van der Waals surface area contributed by atoms with Gasteiger partial charge >= 0.3 is 0 Å². The van der Waals surface area contributed by atoms with Crippen molar-refractivity contribution >= 4 is 5.96 Å². The SMILES string of the molecule is CCNC(=NCC(O)COc1cccc(C)c1)NC1CCc2nc(COC)nn2C1. The number of hydrogen-bond acceptors (Lipinski definition) is 6. The van der Waals surface area contributed by atoms with E-state index in [1.165, 1.54) is 0 Å². The molecule has 1 aliphatic heterocycles. The van der Waals surface area contributed by atoms with Crippen molar-refractivity contribution in [1.29, 1.82) is 0 Å². The molecule has 9 heteroatoms. The molecule has 0 saturated carbocycles. The second-order valence-corrected chi connectivity index (χ2v) is 7.44. The third kappa shape index (κ3) is 6.43. The van der Waals surface area contributed by atoms with Gasteiger partial charge in [-0.2, -0.15) is 5.10 Å². The van der Waals surface area contributed by atoms with Gasteiger partial charge in [0.05, 0.1) is 13.1 Å². The third-order valence-electron chi connectivity index (χ3n) is 4.75. The molecule has 30 heavy (non-hydrogen) atoms. The zero-order valence-corrected chi connectivity index (χ0v) is 18.0. The van der Waals surface area contributed by atoms with Crippen molar-refractivity contribution in [3.05, 3.63) is 41.5 Å². The van der Waals surface area contributed by atoms with Gasteiger partial charge in [-0.1, -0.05) is 12.1 Å². The number of rotatable bonds is 9. The molecule has 0 saturated heterocycles. The Labute approximate surface area is 177 Å². The highest BCUT2D eigenvalue weighted by atomic mass is 16.5. The Morgan fingerprint density at radius 1 is 1.43 bits per heavy atom. The average molecular weight is 417 g/mol. The van der Waals surface area contributed by atoms with Crippen LogP contribution in [-0.2, 0) is 24.3 Å². The van der Waals surface area contributed by atoms with Gasteiger partial charge in [0.2, 0.25) is 0 Å². The predicted molar refractivity (Wildman–Crippen MR) is 115 cm³/mol. The van der Waals surface area contributed by atoms with Gasteiger partial charge in [0.1, 0.15) is 30.9 Å². The van der Waals surface area contributed by atoms with Crippen LogP contribution in [0.15, 0.2) is 29.3 Å². The largest absolute Gasteiger partial charge is 0.491 e. The van der Waals surface area contributed by atoms with Gasteiger partial charge in [-0.25, -0.2) is 9.67 Å². The molecule has 9 nitrogen and oxygen atoms in total. The molecule has 1 aliphatic rings. The number of aliphatic imine (C=N–C) groups is 1. The number of fused-ring (bicyclic) bond motifs is 1. The number of benzene rings is 1. The fourth-order valence-corrected chi connectivity index (χ4v) is 3.33. The summed E-state index contributed by atoms with van der Waals surface area (Å²) in [6.07, 6.45) is 1.10.